The van der Waals surface area contributed by atoms with Crippen molar-refractivity contribution in [2.24, 2.45) is 0 Å². The van der Waals surface area contributed by atoms with Crippen LogP contribution in [0.2, 0.25) is 0 Å². The summed E-state index contributed by atoms with van der Waals surface area (Å²) in [5.41, 5.74) is 3.40. The van der Waals surface area contributed by atoms with Crippen LogP contribution < -0.4 is 14.5 Å². The van der Waals surface area contributed by atoms with E-state index in [2.05, 4.69) is 9.62 Å². The van der Waals surface area contributed by atoms with Crippen LogP contribution in [0.15, 0.2) is 47.4 Å². The van der Waals surface area contributed by atoms with Crippen molar-refractivity contribution in [2.75, 3.05) is 34.2 Å². The Kier molecular flexibility index (Phi) is 5.50. The number of carbonyl (C=O) groups is 1. The van der Waals surface area contributed by atoms with E-state index < -0.39 is 10.0 Å². The summed E-state index contributed by atoms with van der Waals surface area (Å²) in [7, 11) is -3.68. The van der Waals surface area contributed by atoms with Crippen LogP contribution in [0.5, 0.6) is 0 Å². The molecule has 1 saturated heterocycles. The number of sulfonamides is 1. The van der Waals surface area contributed by atoms with E-state index in [1.165, 1.54) is 19.3 Å². The van der Waals surface area contributed by atoms with Gasteiger partial charge in [-0.3, -0.25) is 9.52 Å². The molecule has 1 amide bonds. The number of fused-ring (bicyclic) bond motifs is 1. The van der Waals surface area contributed by atoms with Crippen LogP contribution in [-0.2, 0) is 21.2 Å². The number of anilines is 3. The fraction of sp³-hybridized carbons (Fsp3) is 0.409. The molecule has 1 fully saturated rings. The fourth-order valence-electron chi connectivity index (χ4n) is 4.10. The average Bonchev–Trinajstić information content (AvgIpc) is 3.17. The highest BCUT2D eigenvalue weighted by Crippen LogP contribution is 2.31. The van der Waals surface area contributed by atoms with Gasteiger partial charge in [0.1, 0.15) is 0 Å². The van der Waals surface area contributed by atoms with Gasteiger partial charge in [-0.15, -0.1) is 0 Å². The molecule has 7 heteroatoms. The van der Waals surface area contributed by atoms with E-state index in [9.17, 15) is 13.2 Å². The van der Waals surface area contributed by atoms with Crippen LogP contribution in [-0.4, -0.2) is 34.0 Å². The Morgan fingerprint density at radius 2 is 1.72 bits per heavy atom. The normalized spacial score (nSPS) is 16.6. The fourth-order valence-corrected chi connectivity index (χ4v) is 5.21. The molecule has 2 heterocycles. The van der Waals surface area contributed by atoms with Crippen molar-refractivity contribution in [3.05, 3.63) is 48.0 Å². The molecule has 2 aromatic rings. The molecule has 0 unspecified atom stereocenters. The molecule has 0 atom stereocenters. The number of hydrogen-bond donors (Lipinski definition) is 1. The van der Waals surface area contributed by atoms with Crippen molar-refractivity contribution in [1.29, 1.82) is 0 Å². The van der Waals surface area contributed by atoms with Gasteiger partial charge in [0.2, 0.25) is 5.91 Å². The lowest BCUT2D eigenvalue weighted by Gasteiger charge is -2.28. The molecule has 0 saturated carbocycles. The summed E-state index contributed by atoms with van der Waals surface area (Å²) in [6.45, 7) is 4.55. The summed E-state index contributed by atoms with van der Waals surface area (Å²) in [6.07, 6.45) is 4.80. The standard InChI is InChI=1S/C22H27N3O3S/c1-2-22(26)25-15-12-17-16-20(10-11-21(17)25)29(27,28)23-18-6-8-19(9-7-18)24-13-4-3-5-14-24/h6-11,16,23H,2-5,12-15H2,1H3. The molecule has 4 rings (SSSR count). The first-order valence-electron chi connectivity index (χ1n) is 10.3. The monoisotopic (exact) mass is 413 g/mol. The molecule has 2 aliphatic rings. The minimum absolute atomic E-state index is 0.0614. The van der Waals surface area contributed by atoms with E-state index in [0.717, 1.165) is 30.0 Å². The predicted octanol–water partition coefficient (Wildman–Crippen LogP) is 3.78. The zero-order valence-electron chi connectivity index (χ0n) is 16.7. The molecule has 1 N–H and O–H groups in total. The van der Waals surface area contributed by atoms with E-state index in [-0.39, 0.29) is 10.8 Å². The summed E-state index contributed by atoms with van der Waals surface area (Å²) in [5, 5.41) is 0. The Labute approximate surface area is 172 Å². The third kappa shape index (κ3) is 4.10. The van der Waals surface area contributed by atoms with E-state index in [0.29, 0.717) is 25.1 Å². The summed E-state index contributed by atoms with van der Waals surface area (Å²) >= 11 is 0. The van der Waals surface area contributed by atoms with Crippen molar-refractivity contribution >= 4 is 33.0 Å². The molecule has 2 aliphatic heterocycles. The van der Waals surface area contributed by atoms with Gasteiger partial charge in [0, 0.05) is 43.1 Å². The third-order valence-corrected chi connectivity index (χ3v) is 7.08. The van der Waals surface area contributed by atoms with Crippen LogP contribution in [0.25, 0.3) is 0 Å². The smallest absolute Gasteiger partial charge is 0.261 e. The first-order valence-corrected chi connectivity index (χ1v) is 11.8. The minimum atomic E-state index is -3.68. The number of nitrogens with one attached hydrogen (secondary N) is 1. The lowest BCUT2D eigenvalue weighted by atomic mass is 10.1. The third-order valence-electron chi connectivity index (χ3n) is 5.70. The Morgan fingerprint density at radius 3 is 2.41 bits per heavy atom. The Balaban J connectivity index is 1.50. The number of rotatable bonds is 5. The summed E-state index contributed by atoms with van der Waals surface area (Å²) in [6, 6.07) is 12.6. The molecule has 6 nitrogen and oxygen atoms in total. The summed E-state index contributed by atoms with van der Waals surface area (Å²) in [4.78, 5) is 16.3. The SMILES string of the molecule is CCC(=O)N1CCc2cc(S(=O)(=O)Nc3ccc(N4CCCCC4)cc3)ccc21. The number of benzene rings is 2. The molecule has 154 valence electrons. The van der Waals surface area contributed by atoms with Crippen molar-refractivity contribution < 1.29 is 13.2 Å². The van der Waals surface area contributed by atoms with Crippen LogP contribution in [0, 0.1) is 0 Å². The molecule has 0 aliphatic carbocycles. The lowest BCUT2D eigenvalue weighted by molar-refractivity contribution is -0.118. The Morgan fingerprint density at radius 1 is 1.00 bits per heavy atom. The number of hydrogen-bond acceptors (Lipinski definition) is 4. The topological polar surface area (TPSA) is 69.7 Å². The maximum Gasteiger partial charge on any atom is 0.261 e. The molecule has 2 aromatic carbocycles. The van der Waals surface area contributed by atoms with Gasteiger partial charge in [-0.05, 0) is 73.7 Å². The molecule has 0 aromatic heterocycles. The first kappa shape index (κ1) is 19.8. The quantitative estimate of drug-likeness (QED) is 0.810. The first-order chi connectivity index (χ1) is 14.0. The van der Waals surface area contributed by atoms with Crippen molar-refractivity contribution in [3.8, 4) is 0 Å². The number of amides is 1. The van der Waals surface area contributed by atoms with E-state index in [4.69, 9.17) is 0 Å². The van der Waals surface area contributed by atoms with E-state index >= 15 is 0 Å². The lowest BCUT2D eigenvalue weighted by Crippen LogP contribution is -2.29. The van der Waals surface area contributed by atoms with Gasteiger partial charge < -0.3 is 9.80 Å². The van der Waals surface area contributed by atoms with Gasteiger partial charge >= 0.3 is 0 Å². The van der Waals surface area contributed by atoms with Crippen LogP contribution >= 0.6 is 0 Å². The second-order valence-corrected chi connectivity index (χ2v) is 9.32. The second-order valence-electron chi connectivity index (χ2n) is 7.64. The predicted molar refractivity (Wildman–Crippen MR) is 116 cm³/mol. The largest absolute Gasteiger partial charge is 0.372 e. The highest BCUT2D eigenvalue weighted by atomic mass is 32.2. The van der Waals surface area contributed by atoms with Gasteiger partial charge in [0.15, 0.2) is 0 Å². The van der Waals surface area contributed by atoms with Gasteiger partial charge in [0.05, 0.1) is 4.90 Å². The van der Waals surface area contributed by atoms with Crippen LogP contribution in [0.3, 0.4) is 0 Å². The summed E-state index contributed by atoms with van der Waals surface area (Å²) in [5.74, 6) is 0.0614. The maximum atomic E-state index is 12.9. The highest BCUT2D eigenvalue weighted by molar-refractivity contribution is 7.92. The molecular weight excluding hydrogens is 386 g/mol. The number of piperidine rings is 1. The maximum absolute atomic E-state index is 12.9. The molecular formula is C22H27N3O3S. The van der Waals surface area contributed by atoms with Gasteiger partial charge in [-0.1, -0.05) is 6.92 Å². The van der Waals surface area contributed by atoms with Crippen LogP contribution in [0.4, 0.5) is 17.1 Å². The Hall–Kier alpha value is -2.54. The van der Waals surface area contributed by atoms with Gasteiger partial charge in [-0.25, -0.2) is 8.42 Å². The molecule has 0 spiro atoms. The number of carbonyl (C=O) groups excluding carboxylic acids is 1. The Bertz CT molecular complexity index is 996. The molecule has 29 heavy (non-hydrogen) atoms. The molecule has 0 radical (unpaired) electrons. The van der Waals surface area contributed by atoms with E-state index in [1.54, 1.807) is 23.1 Å². The summed E-state index contributed by atoms with van der Waals surface area (Å²) < 4.78 is 28.4. The van der Waals surface area contributed by atoms with Crippen molar-refractivity contribution in [1.82, 2.24) is 0 Å². The van der Waals surface area contributed by atoms with Crippen LogP contribution in [0.1, 0.15) is 38.2 Å². The minimum Gasteiger partial charge on any atom is -0.372 e. The zero-order chi connectivity index (χ0) is 20.4. The van der Waals surface area contributed by atoms with Crippen molar-refractivity contribution in [3.63, 3.8) is 0 Å². The van der Waals surface area contributed by atoms with Crippen molar-refractivity contribution in [2.45, 2.75) is 43.9 Å². The van der Waals surface area contributed by atoms with E-state index in [1.807, 2.05) is 31.2 Å². The van der Waals surface area contributed by atoms with Gasteiger partial charge in [0.25, 0.3) is 10.0 Å². The highest BCUT2D eigenvalue weighted by Gasteiger charge is 2.26. The second kappa shape index (κ2) is 8.06. The average molecular weight is 414 g/mol. The van der Waals surface area contributed by atoms with Gasteiger partial charge in [-0.2, -0.15) is 0 Å². The molecule has 0 bridgehead atoms. The number of nitrogens with zero attached hydrogens (tertiary/aromatic N) is 2. The zero-order valence-corrected chi connectivity index (χ0v) is 17.5.